The van der Waals surface area contributed by atoms with Gasteiger partial charge in [0.05, 0.1) is 18.8 Å². The quantitative estimate of drug-likeness (QED) is 0.479. The third kappa shape index (κ3) is 7.22. The number of hydrogen-bond acceptors (Lipinski definition) is 5. The van der Waals surface area contributed by atoms with Crippen molar-refractivity contribution in [1.29, 1.82) is 0 Å². The molecule has 1 saturated heterocycles. The summed E-state index contributed by atoms with van der Waals surface area (Å²) in [6, 6.07) is 12.2. The summed E-state index contributed by atoms with van der Waals surface area (Å²) < 4.78 is 6.30. The maximum atomic E-state index is 12.9. The molecule has 3 amide bonds. The first-order chi connectivity index (χ1) is 15.4. The van der Waals surface area contributed by atoms with Gasteiger partial charge in [-0.15, -0.1) is 0 Å². The summed E-state index contributed by atoms with van der Waals surface area (Å²) in [5.41, 5.74) is 2.52. The molecule has 1 aliphatic rings. The van der Waals surface area contributed by atoms with E-state index < -0.39 is 0 Å². The number of halogens is 1. The van der Waals surface area contributed by atoms with Gasteiger partial charge in [-0.1, -0.05) is 15.9 Å². The van der Waals surface area contributed by atoms with Gasteiger partial charge in [-0.2, -0.15) is 0 Å². The number of ether oxygens (including phenoxy) is 1. The van der Waals surface area contributed by atoms with Gasteiger partial charge in [0.2, 0.25) is 0 Å². The summed E-state index contributed by atoms with van der Waals surface area (Å²) in [5.74, 6) is -0.160. The molecule has 2 aromatic rings. The molecule has 8 nitrogen and oxygen atoms in total. The molecule has 0 saturated carbocycles. The number of rotatable bonds is 8. The van der Waals surface area contributed by atoms with Crippen molar-refractivity contribution >= 4 is 44.9 Å². The summed E-state index contributed by atoms with van der Waals surface area (Å²) in [6.45, 7) is 4.94. The zero-order chi connectivity index (χ0) is 22.9. The average Bonchev–Trinajstić information content (AvgIpc) is 2.78. The van der Waals surface area contributed by atoms with Gasteiger partial charge in [0, 0.05) is 55.3 Å². The summed E-state index contributed by atoms with van der Waals surface area (Å²) >= 11 is 3.37. The minimum atomic E-state index is -0.373. The lowest BCUT2D eigenvalue weighted by molar-refractivity contribution is 0.0374. The number of hydrogen-bond donors (Lipinski definition) is 3. The van der Waals surface area contributed by atoms with Crippen molar-refractivity contribution in [3.8, 4) is 0 Å². The number of benzene rings is 2. The minimum absolute atomic E-state index is 0.160. The molecule has 0 atom stereocenters. The highest BCUT2D eigenvalue weighted by atomic mass is 79.9. The molecule has 9 heteroatoms. The maximum Gasteiger partial charge on any atom is 0.323 e. The molecule has 3 rings (SSSR count). The van der Waals surface area contributed by atoms with E-state index in [9.17, 15) is 9.59 Å². The van der Waals surface area contributed by atoms with Crippen molar-refractivity contribution < 1.29 is 14.3 Å². The number of urea groups is 1. The van der Waals surface area contributed by atoms with Gasteiger partial charge in [-0.25, -0.2) is 4.79 Å². The van der Waals surface area contributed by atoms with Crippen LogP contribution in [-0.2, 0) is 4.74 Å². The number of carbonyl (C=O) groups excluding carboxylic acids is 2. The zero-order valence-corrected chi connectivity index (χ0v) is 20.1. The second-order valence-corrected chi connectivity index (χ2v) is 8.69. The van der Waals surface area contributed by atoms with E-state index in [1.807, 2.05) is 37.2 Å². The van der Waals surface area contributed by atoms with Crippen molar-refractivity contribution in [3.63, 3.8) is 0 Å². The maximum absolute atomic E-state index is 12.9. The Morgan fingerprint density at radius 2 is 1.69 bits per heavy atom. The topological polar surface area (TPSA) is 85.9 Å². The van der Waals surface area contributed by atoms with Crippen molar-refractivity contribution in [2.24, 2.45) is 0 Å². The molecule has 172 valence electrons. The van der Waals surface area contributed by atoms with Crippen LogP contribution in [0.15, 0.2) is 46.9 Å². The Hall–Kier alpha value is -2.62. The smallest absolute Gasteiger partial charge is 0.323 e. The number of nitrogens with zero attached hydrogens (tertiary/aromatic N) is 2. The Morgan fingerprint density at radius 3 is 2.38 bits per heavy atom. The van der Waals surface area contributed by atoms with Gasteiger partial charge in [-0.05, 0) is 55.4 Å². The summed E-state index contributed by atoms with van der Waals surface area (Å²) in [7, 11) is 3.77. The minimum Gasteiger partial charge on any atom is -0.379 e. The highest BCUT2D eigenvalue weighted by Crippen LogP contribution is 2.23. The number of amides is 3. The van der Waals surface area contributed by atoms with Gasteiger partial charge in [0.25, 0.3) is 5.91 Å². The fourth-order valence-electron chi connectivity index (χ4n) is 3.44. The van der Waals surface area contributed by atoms with E-state index in [0.29, 0.717) is 23.5 Å². The van der Waals surface area contributed by atoms with E-state index in [0.717, 1.165) is 49.4 Å². The van der Waals surface area contributed by atoms with Crippen molar-refractivity contribution in [1.82, 2.24) is 10.2 Å². The molecule has 1 fully saturated rings. The Balaban J connectivity index is 1.58. The third-order valence-corrected chi connectivity index (χ3v) is 5.65. The fraction of sp³-hybridized carbons (Fsp3) is 0.391. The average molecular weight is 504 g/mol. The Labute approximate surface area is 197 Å². The molecular formula is C23H30BrN5O3. The van der Waals surface area contributed by atoms with E-state index >= 15 is 0 Å². The largest absolute Gasteiger partial charge is 0.379 e. The standard InChI is InChI=1S/C23H30BrN5O3/c1-28(2)21-9-8-19(27-23(31)26-18-6-4-17(24)5-7-18)16-20(21)22(30)25-10-3-11-29-12-14-32-15-13-29/h4-9,16H,3,10-15H2,1-2H3,(H,25,30)(H2,26,27,31). The summed E-state index contributed by atoms with van der Waals surface area (Å²) in [5, 5.41) is 8.58. The highest BCUT2D eigenvalue weighted by Gasteiger charge is 2.15. The Morgan fingerprint density at radius 1 is 1.03 bits per heavy atom. The normalized spacial score (nSPS) is 14.0. The molecule has 1 aliphatic heterocycles. The number of nitrogens with one attached hydrogen (secondary N) is 3. The van der Waals surface area contributed by atoms with Crippen molar-refractivity contribution in [3.05, 3.63) is 52.5 Å². The lowest BCUT2D eigenvalue weighted by atomic mass is 10.1. The van der Waals surface area contributed by atoms with E-state index in [1.54, 1.807) is 24.3 Å². The molecule has 2 aromatic carbocycles. The fourth-order valence-corrected chi connectivity index (χ4v) is 3.70. The van der Waals surface area contributed by atoms with Crippen LogP contribution in [0.5, 0.6) is 0 Å². The lowest BCUT2D eigenvalue weighted by Crippen LogP contribution is -2.38. The van der Waals surface area contributed by atoms with Crippen LogP contribution in [0.4, 0.5) is 21.9 Å². The second kappa shape index (κ2) is 11.8. The van der Waals surface area contributed by atoms with Crippen LogP contribution >= 0.6 is 15.9 Å². The van der Waals surface area contributed by atoms with E-state index in [4.69, 9.17) is 4.74 Å². The molecule has 0 radical (unpaired) electrons. The van der Waals surface area contributed by atoms with Crippen molar-refractivity contribution in [2.75, 3.05) is 69.0 Å². The van der Waals surface area contributed by atoms with Gasteiger partial charge >= 0.3 is 6.03 Å². The van der Waals surface area contributed by atoms with Crippen LogP contribution in [0, 0.1) is 0 Å². The lowest BCUT2D eigenvalue weighted by Gasteiger charge is -2.26. The predicted molar refractivity (Wildman–Crippen MR) is 132 cm³/mol. The molecule has 3 N–H and O–H groups in total. The monoisotopic (exact) mass is 503 g/mol. The summed E-state index contributed by atoms with van der Waals surface area (Å²) in [6.07, 6.45) is 0.872. The van der Waals surface area contributed by atoms with Gasteiger partial charge in [0.15, 0.2) is 0 Å². The number of anilines is 3. The van der Waals surface area contributed by atoms with Gasteiger partial charge in [-0.3, -0.25) is 9.69 Å². The van der Waals surface area contributed by atoms with Gasteiger partial charge < -0.3 is 25.6 Å². The highest BCUT2D eigenvalue weighted by molar-refractivity contribution is 9.10. The first kappa shape index (κ1) is 24.0. The van der Waals surface area contributed by atoms with Crippen molar-refractivity contribution in [2.45, 2.75) is 6.42 Å². The van der Waals surface area contributed by atoms with Crippen LogP contribution in [-0.4, -0.2) is 70.3 Å². The Kier molecular flexibility index (Phi) is 8.90. The molecule has 0 spiro atoms. The zero-order valence-electron chi connectivity index (χ0n) is 18.5. The second-order valence-electron chi connectivity index (χ2n) is 7.78. The SMILES string of the molecule is CN(C)c1ccc(NC(=O)Nc2ccc(Br)cc2)cc1C(=O)NCCCN1CCOCC1. The summed E-state index contributed by atoms with van der Waals surface area (Å²) in [4.78, 5) is 29.5. The first-order valence-corrected chi connectivity index (χ1v) is 11.4. The van der Waals surface area contributed by atoms with E-state index in [-0.39, 0.29) is 11.9 Å². The molecular weight excluding hydrogens is 474 g/mol. The van der Waals surface area contributed by atoms with Crippen LogP contribution in [0.25, 0.3) is 0 Å². The Bertz CT molecular complexity index is 914. The van der Waals surface area contributed by atoms with Crippen LogP contribution in [0.2, 0.25) is 0 Å². The molecule has 32 heavy (non-hydrogen) atoms. The van der Waals surface area contributed by atoms with Crippen LogP contribution < -0.4 is 20.9 Å². The van der Waals surface area contributed by atoms with E-state index in [1.165, 1.54) is 0 Å². The molecule has 0 unspecified atom stereocenters. The number of carbonyl (C=O) groups is 2. The molecule has 1 heterocycles. The molecule has 0 aliphatic carbocycles. The number of morpholine rings is 1. The van der Waals surface area contributed by atoms with Crippen LogP contribution in [0.3, 0.4) is 0 Å². The first-order valence-electron chi connectivity index (χ1n) is 10.7. The van der Waals surface area contributed by atoms with Gasteiger partial charge in [0.1, 0.15) is 0 Å². The third-order valence-electron chi connectivity index (χ3n) is 5.12. The van der Waals surface area contributed by atoms with E-state index in [2.05, 4.69) is 36.8 Å². The molecule has 0 bridgehead atoms. The predicted octanol–water partition coefficient (Wildman–Crippen LogP) is 3.61. The van der Waals surface area contributed by atoms with Crippen LogP contribution in [0.1, 0.15) is 16.8 Å². The molecule has 0 aromatic heterocycles.